The third-order valence-corrected chi connectivity index (χ3v) is 19.4. The average molecular weight is 1000 g/mol. The first-order chi connectivity index (χ1) is 38.2. The summed E-state index contributed by atoms with van der Waals surface area (Å²) < 4.78 is 7.21. The lowest BCUT2D eigenvalue weighted by molar-refractivity contribution is 1.16. The molecule has 0 spiro atoms. The van der Waals surface area contributed by atoms with Gasteiger partial charge in [0, 0.05) is 86.0 Å². The molecular formula is C72H50N4S. The summed E-state index contributed by atoms with van der Waals surface area (Å²) in [6.07, 6.45) is 0. The molecule has 0 saturated carbocycles. The molecule has 5 heteroatoms. The number of fused-ring (bicyclic) bond motifs is 9. The molecule has 3 aromatic heterocycles. The highest BCUT2D eigenvalue weighted by Gasteiger charge is 2.34. The van der Waals surface area contributed by atoms with E-state index in [4.69, 9.17) is 0 Å². The lowest BCUT2D eigenvalue weighted by Gasteiger charge is -2.42. The summed E-state index contributed by atoms with van der Waals surface area (Å²) in [7, 11) is -1.88. The molecule has 0 aliphatic rings. The van der Waals surface area contributed by atoms with Crippen molar-refractivity contribution < 1.29 is 0 Å². The van der Waals surface area contributed by atoms with Gasteiger partial charge in [0.2, 0.25) is 0 Å². The minimum atomic E-state index is -1.88. The summed E-state index contributed by atoms with van der Waals surface area (Å²) in [6, 6.07) is 112. The summed E-state index contributed by atoms with van der Waals surface area (Å²) in [4.78, 5) is 7.61. The van der Waals surface area contributed by atoms with E-state index in [1.807, 2.05) is 0 Å². The fourth-order valence-electron chi connectivity index (χ4n) is 12.2. The van der Waals surface area contributed by atoms with E-state index in [1.54, 1.807) is 0 Å². The van der Waals surface area contributed by atoms with Crippen LogP contribution in [0.15, 0.2) is 323 Å². The van der Waals surface area contributed by atoms with Gasteiger partial charge in [-0.2, -0.15) is 0 Å². The highest BCUT2D eigenvalue weighted by atomic mass is 32.3. The van der Waals surface area contributed by atoms with E-state index < -0.39 is 10.0 Å². The first kappa shape index (κ1) is 44.7. The van der Waals surface area contributed by atoms with Crippen molar-refractivity contribution in [1.82, 2.24) is 13.7 Å². The predicted octanol–water partition coefficient (Wildman–Crippen LogP) is 19.8. The fraction of sp³-hybridized carbons (Fsp3) is 0. The van der Waals surface area contributed by atoms with Gasteiger partial charge >= 0.3 is 0 Å². The Bertz CT molecular complexity index is 4290. The number of rotatable bonds is 10. The minimum absolute atomic E-state index is 1.06. The second kappa shape index (κ2) is 18.2. The standard InChI is InChI=1S/C72H50N4S/c1-4-20-57(21-5-1)77(58-22-6-2-7-23-58,59-24-8-3-9-25-59)60-48-49-72-66(50-60)65-30-14-19-35-71(65)76(72)56-46-40-53(41-47-56)73(51-36-42-54(43-37-51)74-67-31-15-10-26-61(67)62-27-11-16-32-68(62)74)52-38-44-55(45-39-52)75-69-33-17-12-28-63(69)64-29-13-18-34-70(64)75/h1-50H. The minimum Gasteiger partial charge on any atom is -0.310 e. The molecule has 364 valence electrons. The molecule has 0 bridgehead atoms. The number of anilines is 3. The van der Waals surface area contributed by atoms with Crippen LogP contribution in [0.5, 0.6) is 0 Å². The number of nitrogens with zero attached hydrogens (tertiary/aromatic N) is 4. The summed E-state index contributed by atoms with van der Waals surface area (Å²) >= 11 is 0. The number of benzene rings is 12. The van der Waals surface area contributed by atoms with Crippen molar-refractivity contribution in [3.8, 4) is 17.1 Å². The summed E-state index contributed by atoms with van der Waals surface area (Å²) in [5.41, 5.74) is 13.7. The van der Waals surface area contributed by atoms with E-state index in [0.29, 0.717) is 0 Å². The van der Waals surface area contributed by atoms with Crippen LogP contribution in [0, 0.1) is 0 Å². The number of hydrogen-bond acceptors (Lipinski definition) is 1. The molecule has 0 radical (unpaired) electrons. The van der Waals surface area contributed by atoms with Crippen molar-refractivity contribution in [2.24, 2.45) is 0 Å². The SMILES string of the molecule is c1ccc(S(c2ccccc2)(c2ccccc2)c2ccc3c(c2)c2ccccc2n3-c2ccc(N(c3ccc(-n4c5ccccc5c5ccccc54)cc3)c3ccc(-n4c5ccccc5c5ccccc54)cc3)cc2)cc1. The van der Waals surface area contributed by atoms with Gasteiger partial charge in [-0.25, -0.2) is 0 Å². The molecule has 0 fully saturated rings. The lowest BCUT2D eigenvalue weighted by atomic mass is 10.1. The Morgan fingerprint density at radius 1 is 0.208 bits per heavy atom. The van der Waals surface area contributed by atoms with Crippen LogP contribution in [-0.4, -0.2) is 13.7 Å². The molecule has 0 N–H and O–H groups in total. The van der Waals surface area contributed by atoms with E-state index in [2.05, 4.69) is 322 Å². The normalized spacial score (nSPS) is 12.1. The van der Waals surface area contributed by atoms with Crippen molar-refractivity contribution in [2.45, 2.75) is 19.6 Å². The van der Waals surface area contributed by atoms with E-state index >= 15 is 0 Å². The molecule has 0 unspecified atom stereocenters. The molecule has 0 atom stereocenters. The molecule has 15 rings (SSSR count). The predicted molar refractivity (Wildman–Crippen MR) is 324 cm³/mol. The topological polar surface area (TPSA) is 18.0 Å². The van der Waals surface area contributed by atoms with Gasteiger partial charge in [0.1, 0.15) is 0 Å². The zero-order valence-corrected chi connectivity index (χ0v) is 42.9. The van der Waals surface area contributed by atoms with Gasteiger partial charge < -0.3 is 18.6 Å². The Hall–Kier alpha value is -9.81. The first-order valence-corrected chi connectivity index (χ1v) is 28.0. The van der Waals surface area contributed by atoms with Crippen LogP contribution in [0.25, 0.3) is 82.5 Å². The molecule has 0 aliphatic heterocycles. The molecule has 15 aromatic rings. The van der Waals surface area contributed by atoms with E-state index in [1.165, 1.54) is 85.0 Å². The van der Waals surface area contributed by atoms with E-state index in [0.717, 1.165) is 34.1 Å². The maximum atomic E-state index is 2.48. The van der Waals surface area contributed by atoms with Gasteiger partial charge in [-0.1, -0.05) is 146 Å². The van der Waals surface area contributed by atoms with Crippen LogP contribution in [0.2, 0.25) is 0 Å². The van der Waals surface area contributed by atoms with Crippen molar-refractivity contribution in [1.29, 1.82) is 0 Å². The van der Waals surface area contributed by atoms with Gasteiger partial charge in [-0.05, 0) is 158 Å². The number of para-hydroxylation sites is 5. The highest BCUT2D eigenvalue weighted by Crippen LogP contribution is 2.73. The van der Waals surface area contributed by atoms with E-state index in [-0.39, 0.29) is 0 Å². The van der Waals surface area contributed by atoms with Crippen molar-refractivity contribution in [3.63, 3.8) is 0 Å². The second-order valence-corrected chi connectivity index (χ2v) is 22.8. The van der Waals surface area contributed by atoms with Crippen LogP contribution in [0.4, 0.5) is 17.1 Å². The third-order valence-electron chi connectivity index (χ3n) is 15.5. The monoisotopic (exact) mass is 1000 g/mol. The average Bonchev–Trinajstić information content (AvgIpc) is 4.32. The van der Waals surface area contributed by atoms with Crippen molar-refractivity contribution >= 4 is 92.5 Å². The molecule has 0 saturated heterocycles. The van der Waals surface area contributed by atoms with Crippen LogP contribution < -0.4 is 4.90 Å². The summed E-state index contributed by atoms with van der Waals surface area (Å²) in [6.45, 7) is 0. The number of aromatic nitrogens is 3. The fourth-order valence-corrected chi connectivity index (χ4v) is 16.1. The Balaban J connectivity index is 0.869. The van der Waals surface area contributed by atoms with Gasteiger partial charge in [0.25, 0.3) is 0 Å². The largest absolute Gasteiger partial charge is 0.310 e. The molecule has 12 aromatic carbocycles. The zero-order chi connectivity index (χ0) is 50.9. The molecular weight excluding hydrogens is 953 g/mol. The third kappa shape index (κ3) is 7.09. The second-order valence-electron chi connectivity index (χ2n) is 19.7. The van der Waals surface area contributed by atoms with Gasteiger partial charge in [0.05, 0.1) is 33.1 Å². The molecule has 0 aliphatic carbocycles. The molecule has 77 heavy (non-hydrogen) atoms. The Morgan fingerprint density at radius 2 is 0.468 bits per heavy atom. The zero-order valence-electron chi connectivity index (χ0n) is 42.1. The Kier molecular flexibility index (Phi) is 10.6. The lowest BCUT2D eigenvalue weighted by Crippen LogP contribution is -2.10. The van der Waals surface area contributed by atoms with Gasteiger partial charge in [-0.3, -0.25) is 0 Å². The van der Waals surface area contributed by atoms with Crippen molar-refractivity contribution in [3.05, 3.63) is 303 Å². The van der Waals surface area contributed by atoms with Crippen LogP contribution in [-0.2, 0) is 0 Å². The summed E-state index contributed by atoms with van der Waals surface area (Å²) in [5.74, 6) is 0. The molecule has 4 nitrogen and oxygen atoms in total. The van der Waals surface area contributed by atoms with Crippen LogP contribution >= 0.6 is 10.0 Å². The van der Waals surface area contributed by atoms with Crippen molar-refractivity contribution in [2.75, 3.05) is 4.90 Å². The van der Waals surface area contributed by atoms with E-state index in [9.17, 15) is 0 Å². The molecule has 3 heterocycles. The highest BCUT2D eigenvalue weighted by molar-refractivity contribution is 8.34. The Morgan fingerprint density at radius 3 is 0.779 bits per heavy atom. The maximum Gasteiger partial charge on any atom is 0.0541 e. The molecule has 0 amide bonds. The summed E-state index contributed by atoms with van der Waals surface area (Å²) in [5, 5.41) is 7.46. The number of hydrogen-bond donors (Lipinski definition) is 0. The maximum absolute atomic E-state index is 2.48. The van der Waals surface area contributed by atoms with Gasteiger partial charge in [-0.15, -0.1) is 10.0 Å². The first-order valence-electron chi connectivity index (χ1n) is 26.3. The van der Waals surface area contributed by atoms with Gasteiger partial charge in [0.15, 0.2) is 0 Å². The Labute approximate surface area is 448 Å². The van der Waals surface area contributed by atoms with Crippen LogP contribution in [0.1, 0.15) is 0 Å². The quantitative estimate of drug-likeness (QED) is 0.134. The van der Waals surface area contributed by atoms with Crippen LogP contribution in [0.3, 0.4) is 0 Å². The smallest absolute Gasteiger partial charge is 0.0541 e.